The first-order valence-corrected chi connectivity index (χ1v) is 4.84. The highest BCUT2D eigenvalue weighted by Gasteiger charge is 2.12. The van der Waals surface area contributed by atoms with Crippen LogP contribution in [0.2, 0.25) is 0 Å². The standard InChI is InChI=1S/C8H15N5O2/c1-3-4-15-5-7(14)9-6(2)8-10-12-13-11-8/h6H,3-5H2,1-2H3,(H,9,14)(H,10,11,12,13). The Kier molecular flexibility index (Phi) is 4.69. The summed E-state index contributed by atoms with van der Waals surface area (Å²) in [5, 5.41) is 15.9. The lowest BCUT2D eigenvalue weighted by Crippen LogP contribution is -2.30. The molecule has 1 amide bonds. The molecule has 2 N–H and O–H groups in total. The number of carbonyl (C=O) groups is 1. The first kappa shape index (κ1) is 11.6. The molecule has 0 saturated heterocycles. The van der Waals surface area contributed by atoms with Crippen LogP contribution in [-0.2, 0) is 9.53 Å². The van der Waals surface area contributed by atoms with Crippen molar-refractivity contribution >= 4 is 5.91 Å². The summed E-state index contributed by atoms with van der Waals surface area (Å²) >= 11 is 0. The molecule has 0 aliphatic rings. The Balaban J connectivity index is 2.26. The summed E-state index contributed by atoms with van der Waals surface area (Å²) in [5.74, 6) is 0.277. The molecule has 0 aromatic carbocycles. The molecule has 84 valence electrons. The van der Waals surface area contributed by atoms with Crippen molar-refractivity contribution in [2.45, 2.75) is 26.3 Å². The molecule has 7 nitrogen and oxygen atoms in total. The van der Waals surface area contributed by atoms with E-state index >= 15 is 0 Å². The number of nitrogens with zero attached hydrogens (tertiary/aromatic N) is 3. The molecule has 0 aliphatic heterocycles. The van der Waals surface area contributed by atoms with Gasteiger partial charge in [-0.2, -0.15) is 5.21 Å². The largest absolute Gasteiger partial charge is 0.372 e. The van der Waals surface area contributed by atoms with Crippen molar-refractivity contribution in [1.82, 2.24) is 25.9 Å². The van der Waals surface area contributed by atoms with Gasteiger partial charge in [0, 0.05) is 6.61 Å². The number of hydrogen-bond donors (Lipinski definition) is 2. The second kappa shape index (κ2) is 6.07. The van der Waals surface area contributed by atoms with Crippen LogP contribution < -0.4 is 5.32 Å². The fourth-order valence-corrected chi connectivity index (χ4v) is 1.01. The number of amides is 1. The number of aromatic amines is 1. The van der Waals surface area contributed by atoms with Crippen LogP contribution in [0.15, 0.2) is 0 Å². The van der Waals surface area contributed by atoms with Crippen LogP contribution in [0, 0.1) is 0 Å². The summed E-state index contributed by atoms with van der Waals surface area (Å²) < 4.78 is 5.09. The van der Waals surface area contributed by atoms with Gasteiger partial charge in [-0.3, -0.25) is 4.79 Å². The number of carbonyl (C=O) groups excluding carboxylic acids is 1. The van der Waals surface area contributed by atoms with Crippen molar-refractivity contribution in [3.05, 3.63) is 5.82 Å². The van der Waals surface area contributed by atoms with Crippen LogP contribution in [0.5, 0.6) is 0 Å². The van der Waals surface area contributed by atoms with E-state index in [4.69, 9.17) is 4.74 Å². The van der Waals surface area contributed by atoms with Crippen LogP contribution >= 0.6 is 0 Å². The third-order valence-electron chi connectivity index (χ3n) is 1.71. The van der Waals surface area contributed by atoms with Crippen molar-refractivity contribution < 1.29 is 9.53 Å². The van der Waals surface area contributed by atoms with Crippen LogP contribution in [0.1, 0.15) is 32.1 Å². The first-order valence-electron chi connectivity index (χ1n) is 4.84. The van der Waals surface area contributed by atoms with E-state index in [0.29, 0.717) is 12.4 Å². The van der Waals surface area contributed by atoms with E-state index in [1.54, 1.807) is 6.92 Å². The van der Waals surface area contributed by atoms with Gasteiger partial charge in [0.05, 0.1) is 6.04 Å². The van der Waals surface area contributed by atoms with Gasteiger partial charge in [-0.25, -0.2) is 0 Å². The highest BCUT2D eigenvalue weighted by molar-refractivity contribution is 5.77. The minimum absolute atomic E-state index is 0.0655. The molecule has 1 rings (SSSR count). The van der Waals surface area contributed by atoms with Gasteiger partial charge < -0.3 is 10.1 Å². The van der Waals surface area contributed by atoms with E-state index in [1.807, 2.05) is 6.92 Å². The summed E-state index contributed by atoms with van der Waals surface area (Å²) in [6.45, 7) is 4.42. The molecule has 15 heavy (non-hydrogen) atoms. The zero-order valence-electron chi connectivity index (χ0n) is 8.86. The lowest BCUT2D eigenvalue weighted by Gasteiger charge is -2.09. The number of hydrogen-bond acceptors (Lipinski definition) is 5. The number of aromatic nitrogens is 4. The Labute approximate surface area is 87.6 Å². The van der Waals surface area contributed by atoms with Gasteiger partial charge in [0.15, 0.2) is 5.82 Å². The zero-order chi connectivity index (χ0) is 11.1. The van der Waals surface area contributed by atoms with Gasteiger partial charge in [0.2, 0.25) is 5.91 Å². The molecule has 7 heteroatoms. The summed E-state index contributed by atoms with van der Waals surface area (Å²) in [6.07, 6.45) is 0.897. The van der Waals surface area contributed by atoms with Gasteiger partial charge in [0.25, 0.3) is 0 Å². The van der Waals surface area contributed by atoms with Crippen molar-refractivity contribution in [2.24, 2.45) is 0 Å². The quantitative estimate of drug-likeness (QED) is 0.638. The number of H-pyrrole nitrogens is 1. The zero-order valence-corrected chi connectivity index (χ0v) is 8.86. The van der Waals surface area contributed by atoms with E-state index in [0.717, 1.165) is 6.42 Å². The van der Waals surface area contributed by atoms with Gasteiger partial charge in [-0.1, -0.05) is 12.1 Å². The second-order valence-electron chi connectivity index (χ2n) is 3.11. The number of rotatable bonds is 6. The molecular weight excluding hydrogens is 198 g/mol. The lowest BCUT2D eigenvalue weighted by atomic mass is 10.3. The Hall–Kier alpha value is -1.50. The SMILES string of the molecule is CCCOCC(=O)NC(C)c1nn[nH]n1. The Morgan fingerprint density at radius 1 is 1.67 bits per heavy atom. The molecule has 1 aromatic heterocycles. The molecule has 0 bridgehead atoms. The van der Waals surface area contributed by atoms with E-state index in [9.17, 15) is 4.79 Å². The van der Waals surface area contributed by atoms with Crippen LogP contribution in [0.25, 0.3) is 0 Å². The molecule has 0 aliphatic carbocycles. The Morgan fingerprint density at radius 3 is 3.07 bits per heavy atom. The summed E-state index contributed by atoms with van der Waals surface area (Å²) in [7, 11) is 0. The average Bonchev–Trinajstić information content (AvgIpc) is 2.70. The van der Waals surface area contributed by atoms with Gasteiger partial charge >= 0.3 is 0 Å². The number of tetrazole rings is 1. The summed E-state index contributed by atoms with van der Waals surface area (Å²) in [5.41, 5.74) is 0. The Bertz CT molecular complexity index is 287. The maximum Gasteiger partial charge on any atom is 0.246 e. The maximum absolute atomic E-state index is 11.3. The lowest BCUT2D eigenvalue weighted by molar-refractivity contribution is -0.126. The second-order valence-corrected chi connectivity index (χ2v) is 3.11. The maximum atomic E-state index is 11.3. The topological polar surface area (TPSA) is 92.8 Å². The Morgan fingerprint density at radius 2 is 2.47 bits per heavy atom. The summed E-state index contributed by atoms with van der Waals surface area (Å²) in [4.78, 5) is 11.3. The fraction of sp³-hybridized carbons (Fsp3) is 0.750. The third kappa shape index (κ3) is 4.03. The number of ether oxygens (including phenoxy) is 1. The highest BCUT2D eigenvalue weighted by atomic mass is 16.5. The normalized spacial score (nSPS) is 12.4. The average molecular weight is 213 g/mol. The molecule has 0 fully saturated rings. The fourth-order valence-electron chi connectivity index (χ4n) is 1.01. The minimum atomic E-state index is -0.263. The van der Waals surface area contributed by atoms with Crippen LogP contribution in [-0.4, -0.2) is 39.7 Å². The highest BCUT2D eigenvalue weighted by Crippen LogP contribution is 2.02. The van der Waals surface area contributed by atoms with E-state index in [2.05, 4.69) is 25.9 Å². The van der Waals surface area contributed by atoms with Crippen LogP contribution in [0.3, 0.4) is 0 Å². The third-order valence-corrected chi connectivity index (χ3v) is 1.71. The molecule has 0 radical (unpaired) electrons. The molecule has 1 aromatic rings. The van der Waals surface area contributed by atoms with Crippen molar-refractivity contribution in [1.29, 1.82) is 0 Å². The number of nitrogens with one attached hydrogen (secondary N) is 2. The molecule has 1 unspecified atom stereocenters. The van der Waals surface area contributed by atoms with Crippen LogP contribution in [0.4, 0.5) is 0 Å². The van der Waals surface area contributed by atoms with Crippen molar-refractivity contribution in [3.8, 4) is 0 Å². The summed E-state index contributed by atoms with van der Waals surface area (Å²) in [6, 6.07) is -0.263. The molecule has 1 heterocycles. The molecule has 1 atom stereocenters. The minimum Gasteiger partial charge on any atom is -0.372 e. The van der Waals surface area contributed by atoms with Crippen molar-refractivity contribution in [3.63, 3.8) is 0 Å². The molecular formula is C8H15N5O2. The smallest absolute Gasteiger partial charge is 0.246 e. The van der Waals surface area contributed by atoms with Gasteiger partial charge in [-0.05, 0) is 13.3 Å². The monoisotopic (exact) mass is 213 g/mol. The first-order chi connectivity index (χ1) is 7.24. The van der Waals surface area contributed by atoms with Gasteiger partial charge in [0.1, 0.15) is 6.61 Å². The van der Waals surface area contributed by atoms with Gasteiger partial charge in [-0.15, -0.1) is 10.2 Å². The van der Waals surface area contributed by atoms with E-state index in [1.165, 1.54) is 0 Å². The van der Waals surface area contributed by atoms with E-state index in [-0.39, 0.29) is 18.6 Å². The molecule has 0 spiro atoms. The predicted molar refractivity (Wildman–Crippen MR) is 51.8 cm³/mol. The van der Waals surface area contributed by atoms with Crippen molar-refractivity contribution in [2.75, 3.05) is 13.2 Å². The van der Waals surface area contributed by atoms with E-state index < -0.39 is 0 Å². The molecule has 0 saturated carbocycles. The predicted octanol–water partition coefficient (Wildman–Crippen LogP) is -0.197.